The van der Waals surface area contributed by atoms with Gasteiger partial charge in [0.1, 0.15) is 17.5 Å². The fourth-order valence-corrected chi connectivity index (χ4v) is 2.88. The van der Waals surface area contributed by atoms with Crippen molar-refractivity contribution in [3.8, 4) is 11.5 Å². The Morgan fingerprint density at radius 1 is 1.41 bits per heavy atom. The minimum atomic E-state index is -4.63. The van der Waals surface area contributed by atoms with Crippen LogP contribution in [0.15, 0.2) is 18.2 Å². The van der Waals surface area contributed by atoms with Crippen LogP contribution in [0.1, 0.15) is 31.4 Å². The highest BCUT2D eigenvalue weighted by atomic mass is 19.4. The molecule has 0 bridgehead atoms. The van der Waals surface area contributed by atoms with Crippen LogP contribution in [0.4, 0.5) is 18.0 Å². The molecule has 2 rings (SSSR count). The number of phenolic OH excluding ortho intramolecular Hbond substituents is 1. The molecule has 1 saturated heterocycles. The van der Waals surface area contributed by atoms with Gasteiger partial charge in [0.2, 0.25) is 5.91 Å². The van der Waals surface area contributed by atoms with Crippen LogP contribution in [0, 0.1) is 0 Å². The van der Waals surface area contributed by atoms with Gasteiger partial charge in [-0.2, -0.15) is 13.2 Å². The quantitative estimate of drug-likeness (QED) is 0.807. The van der Waals surface area contributed by atoms with Crippen LogP contribution in [-0.2, 0) is 9.53 Å². The second-order valence-electron chi connectivity index (χ2n) is 6.18. The van der Waals surface area contributed by atoms with Crippen molar-refractivity contribution in [3.05, 3.63) is 23.8 Å². The third-order valence-electron chi connectivity index (χ3n) is 4.21. The Morgan fingerprint density at radius 3 is 2.74 bits per heavy atom. The summed E-state index contributed by atoms with van der Waals surface area (Å²) in [5.74, 6) is -0.0928. The van der Waals surface area contributed by atoms with Gasteiger partial charge in [0.15, 0.2) is 6.61 Å². The lowest BCUT2D eigenvalue weighted by Crippen LogP contribution is -2.47. The van der Waals surface area contributed by atoms with E-state index in [4.69, 9.17) is 4.74 Å². The van der Waals surface area contributed by atoms with Crippen molar-refractivity contribution in [2.45, 2.75) is 38.0 Å². The lowest BCUT2D eigenvalue weighted by molar-refractivity contribution is -0.162. The van der Waals surface area contributed by atoms with Crippen molar-refractivity contribution in [1.82, 2.24) is 10.2 Å². The average Bonchev–Trinajstić information content (AvgIpc) is 3.09. The lowest BCUT2D eigenvalue weighted by Gasteiger charge is -2.25. The van der Waals surface area contributed by atoms with Crippen LogP contribution in [0.25, 0.3) is 0 Å². The smallest absolute Gasteiger partial charge is 0.422 e. The Morgan fingerprint density at radius 2 is 2.11 bits per heavy atom. The summed E-state index contributed by atoms with van der Waals surface area (Å²) in [6.07, 6.45) is -5.03. The van der Waals surface area contributed by atoms with Crippen LogP contribution >= 0.6 is 0 Å². The number of rotatable bonds is 5. The molecular weight excluding hydrogens is 369 g/mol. The van der Waals surface area contributed by atoms with Gasteiger partial charge in [-0.15, -0.1) is 0 Å². The minimum absolute atomic E-state index is 0.0449. The molecule has 0 radical (unpaired) electrons. The van der Waals surface area contributed by atoms with E-state index in [0.717, 1.165) is 4.90 Å². The minimum Gasteiger partial charge on any atom is -0.508 e. The van der Waals surface area contributed by atoms with Gasteiger partial charge in [0, 0.05) is 12.1 Å². The maximum absolute atomic E-state index is 12.5. The molecule has 0 saturated carbocycles. The molecule has 1 heterocycles. The number of nitrogens with one attached hydrogen (secondary N) is 1. The molecule has 1 aliphatic heterocycles. The summed E-state index contributed by atoms with van der Waals surface area (Å²) in [5.41, 5.74) is 0.409. The first kappa shape index (κ1) is 20.7. The molecule has 10 heteroatoms. The number of likely N-dealkylation sites (tertiary alicyclic amines) is 1. The predicted octanol–water partition coefficient (Wildman–Crippen LogP) is 2.74. The molecular formula is C17H21F3N2O5. The van der Waals surface area contributed by atoms with Crippen molar-refractivity contribution < 1.29 is 37.3 Å². The van der Waals surface area contributed by atoms with Gasteiger partial charge in [-0.1, -0.05) is 0 Å². The first-order chi connectivity index (χ1) is 12.6. The summed E-state index contributed by atoms with van der Waals surface area (Å²) in [6, 6.07) is 3.00. The van der Waals surface area contributed by atoms with Crippen LogP contribution in [0.5, 0.6) is 11.5 Å². The Kier molecular flexibility index (Phi) is 6.40. The number of carbonyl (C=O) groups excluding carboxylic acids is 2. The van der Waals surface area contributed by atoms with E-state index >= 15 is 0 Å². The van der Waals surface area contributed by atoms with Crippen molar-refractivity contribution in [2.75, 3.05) is 20.3 Å². The van der Waals surface area contributed by atoms with Gasteiger partial charge in [-0.3, -0.25) is 9.69 Å². The summed E-state index contributed by atoms with van der Waals surface area (Å²) in [7, 11) is 1.46. The second kappa shape index (κ2) is 8.36. The Balaban J connectivity index is 2.02. The van der Waals surface area contributed by atoms with Crippen LogP contribution in [0.3, 0.4) is 0 Å². The standard InChI is InChI=1S/C17H21F3N2O5/c1-10(12-8-11(26-2)5-6-14(12)23)21-15(24)13-4-3-7-22(13)16(25)27-9-17(18,19)20/h5-6,8,10,13,23H,3-4,7,9H2,1-2H3,(H,21,24)/t10-,13-/m1/s1. The molecule has 1 aromatic carbocycles. The van der Waals surface area contributed by atoms with E-state index in [-0.39, 0.29) is 12.3 Å². The number of phenols is 1. The first-order valence-corrected chi connectivity index (χ1v) is 8.30. The summed E-state index contributed by atoms with van der Waals surface area (Å²) in [5, 5.41) is 12.6. The Labute approximate surface area is 154 Å². The highest BCUT2D eigenvalue weighted by Crippen LogP contribution is 2.29. The molecule has 7 nitrogen and oxygen atoms in total. The maximum Gasteiger partial charge on any atom is 0.422 e. The summed E-state index contributed by atoms with van der Waals surface area (Å²) in [6.45, 7) is 0.0615. The van der Waals surface area contributed by atoms with Gasteiger partial charge < -0.3 is 19.9 Å². The number of hydrogen-bond acceptors (Lipinski definition) is 5. The fraction of sp³-hybridized carbons (Fsp3) is 0.529. The zero-order valence-corrected chi connectivity index (χ0v) is 14.9. The van der Waals surface area contributed by atoms with E-state index in [2.05, 4.69) is 10.1 Å². The molecule has 0 unspecified atom stereocenters. The molecule has 2 amide bonds. The van der Waals surface area contributed by atoms with Crippen LogP contribution in [0.2, 0.25) is 0 Å². The van der Waals surface area contributed by atoms with E-state index in [1.165, 1.54) is 13.2 Å². The molecule has 0 spiro atoms. The van der Waals surface area contributed by atoms with Crippen molar-refractivity contribution in [3.63, 3.8) is 0 Å². The van der Waals surface area contributed by atoms with Crippen molar-refractivity contribution >= 4 is 12.0 Å². The Bertz CT molecular complexity index is 696. The molecule has 2 atom stereocenters. The van der Waals surface area contributed by atoms with E-state index in [0.29, 0.717) is 24.2 Å². The third-order valence-corrected chi connectivity index (χ3v) is 4.21. The number of halogens is 3. The topological polar surface area (TPSA) is 88.1 Å². The SMILES string of the molecule is COc1ccc(O)c([C@@H](C)NC(=O)[C@H]2CCCN2C(=O)OCC(F)(F)F)c1. The number of aromatic hydroxyl groups is 1. The van der Waals surface area contributed by atoms with Crippen molar-refractivity contribution in [1.29, 1.82) is 0 Å². The number of alkyl halides is 3. The molecule has 1 fully saturated rings. The van der Waals surface area contributed by atoms with Gasteiger partial charge in [-0.25, -0.2) is 4.79 Å². The zero-order chi connectivity index (χ0) is 20.2. The number of nitrogens with zero attached hydrogens (tertiary/aromatic N) is 1. The van der Waals surface area contributed by atoms with E-state index in [1.807, 2.05) is 0 Å². The molecule has 1 aromatic rings. The number of carbonyl (C=O) groups is 2. The van der Waals surface area contributed by atoms with Gasteiger partial charge in [0.05, 0.1) is 13.2 Å². The van der Waals surface area contributed by atoms with Gasteiger partial charge in [0.25, 0.3) is 0 Å². The zero-order valence-electron chi connectivity index (χ0n) is 14.9. The highest BCUT2D eigenvalue weighted by Gasteiger charge is 2.38. The van der Waals surface area contributed by atoms with Gasteiger partial charge in [-0.05, 0) is 38.0 Å². The highest BCUT2D eigenvalue weighted by molar-refractivity contribution is 5.86. The normalized spacial score (nSPS) is 18.1. The molecule has 1 aliphatic rings. The summed E-state index contributed by atoms with van der Waals surface area (Å²) >= 11 is 0. The molecule has 0 aromatic heterocycles. The van der Waals surface area contributed by atoms with Crippen LogP contribution < -0.4 is 10.1 Å². The monoisotopic (exact) mass is 390 g/mol. The summed E-state index contributed by atoms with van der Waals surface area (Å²) in [4.78, 5) is 25.4. The number of amides is 2. The van der Waals surface area contributed by atoms with Crippen molar-refractivity contribution in [2.24, 2.45) is 0 Å². The molecule has 150 valence electrons. The molecule has 27 heavy (non-hydrogen) atoms. The maximum atomic E-state index is 12.5. The average molecular weight is 390 g/mol. The predicted molar refractivity (Wildman–Crippen MR) is 88.3 cm³/mol. The van der Waals surface area contributed by atoms with Gasteiger partial charge >= 0.3 is 12.3 Å². The number of hydrogen-bond donors (Lipinski definition) is 2. The van der Waals surface area contributed by atoms with E-state index < -0.39 is 36.9 Å². The van der Waals surface area contributed by atoms with Crippen LogP contribution in [-0.4, -0.2) is 54.5 Å². The number of ether oxygens (including phenoxy) is 2. The van der Waals surface area contributed by atoms with E-state index in [9.17, 15) is 27.9 Å². The number of benzene rings is 1. The summed E-state index contributed by atoms with van der Waals surface area (Å²) < 4.78 is 45.9. The number of methoxy groups -OCH3 is 1. The largest absolute Gasteiger partial charge is 0.508 e. The second-order valence-corrected chi connectivity index (χ2v) is 6.18. The van der Waals surface area contributed by atoms with E-state index in [1.54, 1.807) is 19.1 Å². The first-order valence-electron chi connectivity index (χ1n) is 8.30. The molecule has 0 aliphatic carbocycles. The fourth-order valence-electron chi connectivity index (χ4n) is 2.88. The third kappa shape index (κ3) is 5.41. The molecule has 2 N–H and O–H groups in total. The Hall–Kier alpha value is -2.65. The lowest BCUT2D eigenvalue weighted by atomic mass is 10.1.